The highest BCUT2D eigenvalue weighted by Gasteiger charge is 2.15. The Hall–Kier alpha value is -1.86. The first-order valence-electron chi connectivity index (χ1n) is 5.73. The Morgan fingerprint density at radius 1 is 1.39 bits per heavy atom. The van der Waals surface area contributed by atoms with Crippen molar-refractivity contribution in [3.8, 4) is 11.5 Å². The number of hydrogen-bond acceptors (Lipinski definition) is 7. The van der Waals surface area contributed by atoms with Crippen LogP contribution in [-0.2, 0) is 4.74 Å². The van der Waals surface area contributed by atoms with E-state index in [9.17, 15) is 0 Å². The molecule has 0 aliphatic heterocycles. The van der Waals surface area contributed by atoms with Crippen LogP contribution in [0.15, 0.2) is 23.2 Å². The molecule has 0 saturated heterocycles. The molecule has 2 N–H and O–H groups in total. The number of nitrogens with zero attached hydrogens (tertiary/aromatic N) is 4. The fourth-order valence-electron chi connectivity index (χ4n) is 1.34. The Bertz CT molecular complexity index is 473. The van der Waals surface area contributed by atoms with Crippen LogP contribution in [-0.4, -0.2) is 33.3 Å². The van der Waals surface area contributed by atoms with Crippen LogP contribution < -0.4 is 5.73 Å². The summed E-state index contributed by atoms with van der Waals surface area (Å²) in [7, 11) is 0. The van der Waals surface area contributed by atoms with Gasteiger partial charge in [-0.2, -0.15) is 4.98 Å². The van der Waals surface area contributed by atoms with Crippen LogP contribution in [0.2, 0.25) is 0 Å². The smallest absolute Gasteiger partial charge is 0.261 e. The van der Waals surface area contributed by atoms with E-state index in [1.807, 2.05) is 6.92 Å². The topological polar surface area (TPSA) is 100.0 Å². The lowest BCUT2D eigenvalue weighted by molar-refractivity contribution is 0.119. The van der Waals surface area contributed by atoms with Crippen LogP contribution >= 0.6 is 0 Å². The van der Waals surface area contributed by atoms with E-state index in [2.05, 4.69) is 20.1 Å². The van der Waals surface area contributed by atoms with Crippen molar-refractivity contribution in [2.75, 3.05) is 13.2 Å². The summed E-state index contributed by atoms with van der Waals surface area (Å²) in [5, 5.41) is 3.82. The van der Waals surface area contributed by atoms with E-state index in [-0.39, 0.29) is 0 Å². The zero-order valence-corrected chi connectivity index (χ0v) is 10.1. The normalized spacial score (nSPS) is 12.6. The minimum atomic E-state index is -0.390. The summed E-state index contributed by atoms with van der Waals surface area (Å²) in [5.74, 6) is 0.779. The van der Waals surface area contributed by atoms with Gasteiger partial charge in [0.05, 0.1) is 18.2 Å². The highest BCUT2D eigenvalue weighted by atomic mass is 16.5. The molecule has 0 aromatic carbocycles. The second-order valence-corrected chi connectivity index (χ2v) is 3.77. The minimum absolute atomic E-state index is 0.358. The van der Waals surface area contributed by atoms with Crippen molar-refractivity contribution in [3.05, 3.63) is 24.5 Å². The molecular formula is C11H15N5O2. The average molecular weight is 249 g/mol. The third-order valence-electron chi connectivity index (χ3n) is 2.23. The molecule has 2 heterocycles. The van der Waals surface area contributed by atoms with Gasteiger partial charge >= 0.3 is 0 Å². The van der Waals surface area contributed by atoms with Gasteiger partial charge in [0.2, 0.25) is 0 Å². The Kier molecular flexibility index (Phi) is 4.32. The van der Waals surface area contributed by atoms with Crippen LogP contribution in [0, 0.1) is 0 Å². The molecule has 1 unspecified atom stereocenters. The summed E-state index contributed by atoms with van der Waals surface area (Å²) in [4.78, 5) is 12.0. The van der Waals surface area contributed by atoms with Crippen LogP contribution in [0.4, 0.5) is 0 Å². The molecule has 2 rings (SSSR count). The SMILES string of the molecule is CCCOCC(N)c1noc(-c2cncnc2)n1. The maximum atomic E-state index is 5.89. The molecule has 1 atom stereocenters. The van der Waals surface area contributed by atoms with Gasteiger partial charge in [0.25, 0.3) is 5.89 Å². The number of hydrogen-bond donors (Lipinski definition) is 1. The van der Waals surface area contributed by atoms with Gasteiger partial charge in [0.1, 0.15) is 6.33 Å². The van der Waals surface area contributed by atoms with E-state index in [4.69, 9.17) is 15.0 Å². The van der Waals surface area contributed by atoms with Gasteiger partial charge in [-0.15, -0.1) is 0 Å². The second-order valence-electron chi connectivity index (χ2n) is 3.77. The van der Waals surface area contributed by atoms with Gasteiger partial charge in [-0.05, 0) is 6.42 Å². The molecule has 0 bridgehead atoms. The molecule has 0 saturated carbocycles. The molecule has 18 heavy (non-hydrogen) atoms. The van der Waals surface area contributed by atoms with Crippen molar-refractivity contribution in [1.82, 2.24) is 20.1 Å². The van der Waals surface area contributed by atoms with E-state index >= 15 is 0 Å². The molecule has 0 radical (unpaired) electrons. The van der Waals surface area contributed by atoms with Crippen molar-refractivity contribution in [2.24, 2.45) is 5.73 Å². The third-order valence-corrected chi connectivity index (χ3v) is 2.23. The maximum Gasteiger partial charge on any atom is 0.261 e. The van der Waals surface area contributed by atoms with E-state index in [1.54, 1.807) is 12.4 Å². The largest absolute Gasteiger partial charge is 0.379 e. The standard InChI is InChI=1S/C11H15N5O2/c1-2-3-17-6-9(12)10-15-11(18-16-10)8-4-13-7-14-5-8/h4-5,7,9H,2-3,6,12H2,1H3. The first-order chi connectivity index (χ1) is 8.81. The summed E-state index contributed by atoms with van der Waals surface area (Å²) < 4.78 is 10.4. The lowest BCUT2D eigenvalue weighted by atomic mass is 10.3. The number of nitrogens with two attached hydrogens (primary N) is 1. The first kappa shape index (κ1) is 12.6. The van der Waals surface area contributed by atoms with Crippen molar-refractivity contribution in [3.63, 3.8) is 0 Å². The highest BCUT2D eigenvalue weighted by Crippen LogP contribution is 2.16. The molecule has 0 spiro atoms. The van der Waals surface area contributed by atoms with Crippen molar-refractivity contribution < 1.29 is 9.26 Å². The van der Waals surface area contributed by atoms with Gasteiger partial charge in [-0.1, -0.05) is 12.1 Å². The Balaban J connectivity index is 2.02. The van der Waals surface area contributed by atoms with E-state index in [0.29, 0.717) is 30.5 Å². The predicted molar refractivity (Wildman–Crippen MR) is 63.4 cm³/mol. The summed E-state index contributed by atoms with van der Waals surface area (Å²) >= 11 is 0. The average Bonchev–Trinajstić information content (AvgIpc) is 2.89. The second kappa shape index (κ2) is 6.18. The van der Waals surface area contributed by atoms with Crippen LogP contribution in [0.25, 0.3) is 11.5 Å². The Morgan fingerprint density at radius 3 is 2.89 bits per heavy atom. The molecule has 0 aliphatic carbocycles. The fraction of sp³-hybridized carbons (Fsp3) is 0.455. The van der Waals surface area contributed by atoms with E-state index < -0.39 is 6.04 Å². The van der Waals surface area contributed by atoms with Crippen molar-refractivity contribution in [2.45, 2.75) is 19.4 Å². The summed E-state index contributed by atoms with van der Waals surface area (Å²) in [6.07, 6.45) is 5.59. The summed E-state index contributed by atoms with van der Waals surface area (Å²) in [5.41, 5.74) is 6.55. The molecular weight excluding hydrogens is 234 g/mol. The van der Waals surface area contributed by atoms with Gasteiger partial charge in [0, 0.05) is 19.0 Å². The first-order valence-corrected chi connectivity index (χ1v) is 5.73. The minimum Gasteiger partial charge on any atom is -0.379 e. The zero-order chi connectivity index (χ0) is 12.8. The molecule has 7 nitrogen and oxygen atoms in total. The van der Waals surface area contributed by atoms with E-state index in [0.717, 1.165) is 6.42 Å². The number of aromatic nitrogens is 4. The fourth-order valence-corrected chi connectivity index (χ4v) is 1.34. The van der Waals surface area contributed by atoms with Crippen molar-refractivity contribution >= 4 is 0 Å². The van der Waals surface area contributed by atoms with Gasteiger partial charge in [-0.25, -0.2) is 9.97 Å². The van der Waals surface area contributed by atoms with Gasteiger partial charge < -0.3 is 15.0 Å². The molecule has 0 aliphatic rings. The van der Waals surface area contributed by atoms with Gasteiger partial charge in [-0.3, -0.25) is 0 Å². The number of rotatable bonds is 6. The molecule has 7 heteroatoms. The molecule has 0 fully saturated rings. The predicted octanol–water partition coefficient (Wildman–Crippen LogP) is 0.953. The molecule has 2 aromatic rings. The van der Waals surface area contributed by atoms with Gasteiger partial charge in [0.15, 0.2) is 5.82 Å². The maximum absolute atomic E-state index is 5.89. The van der Waals surface area contributed by atoms with Crippen LogP contribution in [0.1, 0.15) is 25.2 Å². The van der Waals surface area contributed by atoms with Crippen LogP contribution in [0.5, 0.6) is 0 Å². The summed E-state index contributed by atoms with van der Waals surface area (Å²) in [6.45, 7) is 3.08. The van der Waals surface area contributed by atoms with E-state index in [1.165, 1.54) is 6.33 Å². The monoisotopic (exact) mass is 249 g/mol. The van der Waals surface area contributed by atoms with Crippen LogP contribution in [0.3, 0.4) is 0 Å². The zero-order valence-electron chi connectivity index (χ0n) is 10.1. The Morgan fingerprint density at radius 2 is 2.17 bits per heavy atom. The lowest BCUT2D eigenvalue weighted by Crippen LogP contribution is -2.18. The third kappa shape index (κ3) is 3.08. The Labute approximate surface area is 104 Å². The molecule has 2 aromatic heterocycles. The summed E-state index contributed by atoms with van der Waals surface area (Å²) in [6, 6.07) is -0.390. The number of ether oxygens (including phenoxy) is 1. The molecule has 96 valence electrons. The molecule has 0 amide bonds. The highest BCUT2D eigenvalue weighted by molar-refractivity contribution is 5.48. The quantitative estimate of drug-likeness (QED) is 0.761. The van der Waals surface area contributed by atoms with Crippen molar-refractivity contribution in [1.29, 1.82) is 0 Å². The lowest BCUT2D eigenvalue weighted by Gasteiger charge is -2.06.